The van der Waals surface area contributed by atoms with Gasteiger partial charge in [-0.05, 0) is 48.4 Å². The van der Waals surface area contributed by atoms with Gasteiger partial charge in [0, 0.05) is 58.1 Å². The van der Waals surface area contributed by atoms with Gasteiger partial charge in [0.2, 0.25) is 0 Å². The van der Waals surface area contributed by atoms with Crippen molar-refractivity contribution in [2.75, 3.05) is 51.7 Å². The molecule has 0 atom stereocenters. The Hall–Kier alpha value is -3.09. The number of piperazine rings is 1. The third-order valence-electron chi connectivity index (χ3n) is 5.05. The lowest BCUT2D eigenvalue weighted by Gasteiger charge is -2.36. The molecule has 2 N–H and O–H groups in total. The van der Waals surface area contributed by atoms with Crippen molar-refractivity contribution < 1.29 is 9.18 Å². The topological polar surface area (TPSA) is 65.2 Å². The lowest BCUT2D eigenvalue weighted by molar-refractivity contribution is 0.0827. The first-order valence-electron chi connectivity index (χ1n) is 9.80. The van der Waals surface area contributed by atoms with E-state index in [1.165, 1.54) is 12.1 Å². The molecule has 1 aliphatic rings. The zero-order valence-corrected chi connectivity index (χ0v) is 17.0. The van der Waals surface area contributed by atoms with Crippen molar-refractivity contribution in [3.63, 3.8) is 0 Å². The summed E-state index contributed by atoms with van der Waals surface area (Å²) in [7, 11) is 3.49. The zero-order valence-electron chi connectivity index (χ0n) is 17.0. The van der Waals surface area contributed by atoms with Crippen LogP contribution >= 0.6 is 0 Å². The molecule has 2 aromatic rings. The summed E-state index contributed by atoms with van der Waals surface area (Å²) in [6.07, 6.45) is 0.727. The van der Waals surface area contributed by atoms with Crippen LogP contribution in [-0.2, 0) is 6.42 Å². The maximum absolute atomic E-state index is 13.1. The Morgan fingerprint density at radius 3 is 2.45 bits per heavy atom. The summed E-state index contributed by atoms with van der Waals surface area (Å²) in [4.78, 5) is 22.5. The fourth-order valence-corrected chi connectivity index (χ4v) is 3.36. The van der Waals surface area contributed by atoms with Crippen LogP contribution < -0.4 is 10.6 Å². The summed E-state index contributed by atoms with van der Waals surface area (Å²) in [5, 5.41) is 0. The average Bonchev–Trinajstić information content (AvgIpc) is 2.74. The van der Waals surface area contributed by atoms with E-state index in [9.17, 15) is 9.18 Å². The van der Waals surface area contributed by atoms with Gasteiger partial charge in [-0.1, -0.05) is 12.1 Å². The van der Waals surface area contributed by atoms with E-state index in [2.05, 4.69) is 14.8 Å². The van der Waals surface area contributed by atoms with Gasteiger partial charge in [0.25, 0.3) is 5.91 Å². The maximum Gasteiger partial charge on any atom is 0.253 e. The van der Waals surface area contributed by atoms with E-state index < -0.39 is 0 Å². The number of guanidine groups is 1. The van der Waals surface area contributed by atoms with E-state index in [-0.39, 0.29) is 11.7 Å². The molecule has 154 valence electrons. The van der Waals surface area contributed by atoms with Crippen molar-refractivity contribution >= 4 is 17.6 Å². The standard InChI is InChI=1S/C22H28FN5O/c1-26(2)21(29)18-5-3-4-17(16-18)10-11-25-22(24)28-14-12-27(13-15-28)20-8-6-19(23)7-9-20/h3-9,16H,10-15H2,1-2H3,(H2,24,25). The van der Waals surface area contributed by atoms with Crippen LogP contribution in [0.5, 0.6) is 0 Å². The zero-order chi connectivity index (χ0) is 20.8. The van der Waals surface area contributed by atoms with Gasteiger partial charge in [-0.2, -0.15) is 0 Å². The largest absolute Gasteiger partial charge is 0.370 e. The van der Waals surface area contributed by atoms with Gasteiger partial charge >= 0.3 is 0 Å². The Balaban J connectivity index is 1.50. The van der Waals surface area contributed by atoms with Crippen LogP contribution in [0.4, 0.5) is 10.1 Å². The number of amides is 1. The molecule has 1 fully saturated rings. The van der Waals surface area contributed by atoms with E-state index in [0.717, 1.165) is 43.9 Å². The summed E-state index contributed by atoms with van der Waals surface area (Å²) in [6.45, 7) is 3.76. The average molecular weight is 397 g/mol. The number of rotatable bonds is 5. The van der Waals surface area contributed by atoms with Crippen molar-refractivity contribution in [3.8, 4) is 0 Å². The Bertz CT molecular complexity index is 858. The highest BCUT2D eigenvalue weighted by Crippen LogP contribution is 2.17. The maximum atomic E-state index is 13.1. The minimum absolute atomic E-state index is 0.00566. The highest BCUT2D eigenvalue weighted by Gasteiger charge is 2.18. The van der Waals surface area contributed by atoms with E-state index in [1.807, 2.05) is 24.3 Å². The first-order chi connectivity index (χ1) is 13.9. The fraction of sp³-hybridized carbons (Fsp3) is 0.364. The normalized spacial score (nSPS) is 14.8. The SMILES string of the molecule is CN(C)C(=O)c1cccc(CCN=C(N)N2CCN(c3ccc(F)cc3)CC2)c1. The number of nitrogens with two attached hydrogens (primary N) is 1. The molecule has 7 heteroatoms. The van der Waals surface area contributed by atoms with Gasteiger partial charge in [-0.25, -0.2) is 4.39 Å². The number of carbonyl (C=O) groups excluding carboxylic acids is 1. The molecule has 1 aliphatic heterocycles. The molecule has 0 spiro atoms. The van der Waals surface area contributed by atoms with Gasteiger partial charge in [-0.15, -0.1) is 0 Å². The molecule has 0 radical (unpaired) electrons. The molecule has 0 aromatic heterocycles. The van der Waals surface area contributed by atoms with Crippen molar-refractivity contribution in [2.24, 2.45) is 10.7 Å². The summed E-state index contributed by atoms with van der Waals surface area (Å²) in [5.74, 6) is 0.318. The molecular formula is C22H28FN5O. The summed E-state index contributed by atoms with van der Waals surface area (Å²) in [5.41, 5.74) is 8.95. The third-order valence-corrected chi connectivity index (χ3v) is 5.05. The highest BCUT2D eigenvalue weighted by atomic mass is 19.1. The number of halogens is 1. The van der Waals surface area contributed by atoms with Crippen LogP contribution in [-0.4, -0.2) is 68.5 Å². The molecule has 3 rings (SSSR count). The van der Waals surface area contributed by atoms with E-state index in [1.54, 1.807) is 31.1 Å². The first-order valence-corrected chi connectivity index (χ1v) is 9.80. The van der Waals surface area contributed by atoms with E-state index in [0.29, 0.717) is 18.1 Å². The van der Waals surface area contributed by atoms with Crippen LogP contribution in [0.25, 0.3) is 0 Å². The molecule has 0 bridgehead atoms. The van der Waals surface area contributed by atoms with Crippen LogP contribution in [0, 0.1) is 5.82 Å². The molecule has 1 amide bonds. The fourth-order valence-electron chi connectivity index (χ4n) is 3.36. The van der Waals surface area contributed by atoms with Gasteiger partial charge in [-0.3, -0.25) is 9.79 Å². The summed E-state index contributed by atoms with van der Waals surface area (Å²) < 4.78 is 13.1. The highest BCUT2D eigenvalue weighted by molar-refractivity contribution is 5.94. The first kappa shape index (κ1) is 20.6. The minimum atomic E-state index is -0.222. The van der Waals surface area contributed by atoms with Gasteiger partial charge in [0.15, 0.2) is 5.96 Å². The van der Waals surface area contributed by atoms with E-state index in [4.69, 9.17) is 5.73 Å². The number of anilines is 1. The summed E-state index contributed by atoms with van der Waals surface area (Å²) >= 11 is 0. The molecule has 6 nitrogen and oxygen atoms in total. The van der Waals surface area contributed by atoms with Gasteiger partial charge in [0.1, 0.15) is 5.82 Å². The van der Waals surface area contributed by atoms with Gasteiger partial charge < -0.3 is 20.4 Å². The predicted octanol–water partition coefficient (Wildman–Crippen LogP) is 2.21. The van der Waals surface area contributed by atoms with Crippen molar-refractivity contribution in [2.45, 2.75) is 6.42 Å². The summed E-state index contributed by atoms with van der Waals surface area (Å²) in [6, 6.07) is 14.2. The molecule has 29 heavy (non-hydrogen) atoms. The second kappa shape index (κ2) is 9.41. The third kappa shape index (κ3) is 5.47. The number of carbonyl (C=O) groups is 1. The number of benzene rings is 2. The number of aliphatic imine (C=N–C) groups is 1. The number of hydrogen-bond acceptors (Lipinski definition) is 3. The molecule has 0 aliphatic carbocycles. The van der Waals surface area contributed by atoms with Crippen molar-refractivity contribution in [1.82, 2.24) is 9.80 Å². The quantitative estimate of drug-likeness (QED) is 0.621. The molecular weight excluding hydrogens is 369 g/mol. The van der Waals surface area contributed by atoms with Crippen LogP contribution in [0.3, 0.4) is 0 Å². The van der Waals surface area contributed by atoms with Gasteiger partial charge in [0.05, 0.1) is 0 Å². The molecule has 0 saturated carbocycles. The minimum Gasteiger partial charge on any atom is -0.370 e. The second-order valence-corrected chi connectivity index (χ2v) is 7.34. The predicted molar refractivity (Wildman–Crippen MR) is 115 cm³/mol. The van der Waals surface area contributed by atoms with Crippen molar-refractivity contribution in [1.29, 1.82) is 0 Å². The second-order valence-electron chi connectivity index (χ2n) is 7.34. The lowest BCUT2D eigenvalue weighted by Crippen LogP contribution is -2.51. The molecule has 0 unspecified atom stereocenters. The molecule has 1 heterocycles. The Kier molecular flexibility index (Phi) is 6.69. The Morgan fingerprint density at radius 1 is 1.10 bits per heavy atom. The Labute approximate surface area is 171 Å². The number of hydrogen-bond donors (Lipinski definition) is 1. The van der Waals surface area contributed by atoms with Crippen LogP contribution in [0.2, 0.25) is 0 Å². The van der Waals surface area contributed by atoms with Crippen LogP contribution in [0.15, 0.2) is 53.5 Å². The number of nitrogens with zero attached hydrogens (tertiary/aromatic N) is 4. The molecule has 2 aromatic carbocycles. The van der Waals surface area contributed by atoms with E-state index >= 15 is 0 Å². The Morgan fingerprint density at radius 2 is 1.79 bits per heavy atom. The smallest absolute Gasteiger partial charge is 0.253 e. The van der Waals surface area contributed by atoms with Crippen LogP contribution in [0.1, 0.15) is 15.9 Å². The molecule has 1 saturated heterocycles. The van der Waals surface area contributed by atoms with Crippen molar-refractivity contribution in [3.05, 3.63) is 65.5 Å². The lowest BCUT2D eigenvalue weighted by atomic mass is 10.1. The monoisotopic (exact) mass is 397 g/mol.